The molecule has 1 saturated heterocycles. The lowest BCUT2D eigenvalue weighted by Crippen LogP contribution is -2.52. The highest BCUT2D eigenvalue weighted by atomic mass is 16.4. The molecule has 1 aliphatic heterocycles. The van der Waals surface area contributed by atoms with Crippen LogP contribution >= 0.6 is 0 Å². The lowest BCUT2D eigenvalue weighted by Gasteiger charge is -2.21. The van der Waals surface area contributed by atoms with Gasteiger partial charge in [-0.2, -0.15) is 0 Å². The van der Waals surface area contributed by atoms with Gasteiger partial charge >= 0.3 is 7.12 Å². The second kappa shape index (κ2) is 6.22. The average molecular weight is 228 g/mol. The predicted molar refractivity (Wildman–Crippen MR) is 62.6 cm³/mol. The van der Waals surface area contributed by atoms with E-state index in [-0.39, 0.29) is 11.9 Å². The molecular formula is C10H21BN2O3. The number of hydrogen-bond donors (Lipinski definition) is 4. The maximum absolute atomic E-state index is 11.7. The summed E-state index contributed by atoms with van der Waals surface area (Å²) in [5.74, 6) is -0.394. The quantitative estimate of drug-likeness (QED) is 0.468. The van der Waals surface area contributed by atoms with E-state index in [4.69, 9.17) is 0 Å². The second-order valence-corrected chi connectivity index (χ2v) is 4.81. The Bertz CT molecular complexity index is 230. The topological polar surface area (TPSA) is 81.6 Å². The van der Waals surface area contributed by atoms with Gasteiger partial charge in [0.1, 0.15) is 0 Å². The molecule has 92 valence electrons. The van der Waals surface area contributed by atoms with Gasteiger partial charge in [-0.3, -0.25) is 4.79 Å². The van der Waals surface area contributed by atoms with Gasteiger partial charge in [-0.05, 0) is 31.7 Å². The Balaban J connectivity index is 2.43. The molecular weight excluding hydrogens is 207 g/mol. The maximum atomic E-state index is 11.7. The van der Waals surface area contributed by atoms with Crippen LogP contribution in [0.5, 0.6) is 0 Å². The molecule has 2 atom stereocenters. The molecule has 4 N–H and O–H groups in total. The fraction of sp³-hybridized carbons (Fsp3) is 0.900. The summed E-state index contributed by atoms with van der Waals surface area (Å²) in [7, 11) is -1.49. The van der Waals surface area contributed by atoms with Crippen molar-refractivity contribution in [3.63, 3.8) is 0 Å². The minimum atomic E-state index is -1.49. The third kappa shape index (κ3) is 4.12. The molecule has 1 heterocycles. The molecule has 1 amide bonds. The summed E-state index contributed by atoms with van der Waals surface area (Å²) in [6, 6.07) is -0.173. The van der Waals surface area contributed by atoms with Crippen molar-refractivity contribution in [1.29, 1.82) is 0 Å². The summed E-state index contributed by atoms with van der Waals surface area (Å²) in [6.07, 6.45) is 2.38. The van der Waals surface area contributed by atoms with Crippen molar-refractivity contribution >= 4 is 13.0 Å². The number of carbonyl (C=O) groups is 1. The van der Waals surface area contributed by atoms with Gasteiger partial charge in [0.25, 0.3) is 0 Å². The first-order valence-electron chi connectivity index (χ1n) is 5.90. The van der Waals surface area contributed by atoms with Gasteiger partial charge in [0.15, 0.2) is 0 Å². The minimum absolute atomic E-state index is 0.128. The summed E-state index contributed by atoms with van der Waals surface area (Å²) in [4.78, 5) is 11.7. The van der Waals surface area contributed by atoms with Crippen molar-refractivity contribution in [2.45, 2.75) is 45.1 Å². The molecule has 0 bridgehead atoms. The van der Waals surface area contributed by atoms with Crippen molar-refractivity contribution in [1.82, 2.24) is 10.6 Å². The summed E-state index contributed by atoms with van der Waals surface area (Å²) >= 11 is 0. The molecule has 1 fully saturated rings. The van der Waals surface area contributed by atoms with Gasteiger partial charge in [0.05, 0.1) is 12.0 Å². The van der Waals surface area contributed by atoms with Gasteiger partial charge in [0.2, 0.25) is 5.91 Å². The smallest absolute Gasteiger partial charge is 0.426 e. The number of nitrogens with one attached hydrogen (secondary N) is 2. The monoisotopic (exact) mass is 228 g/mol. The highest BCUT2D eigenvalue weighted by Crippen LogP contribution is 2.09. The van der Waals surface area contributed by atoms with Crippen molar-refractivity contribution in [2.75, 3.05) is 6.54 Å². The van der Waals surface area contributed by atoms with Crippen molar-refractivity contribution in [3.8, 4) is 0 Å². The van der Waals surface area contributed by atoms with Crippen molar-refractivity contribution in [2.24, 2.45) is 5.92 Å². The van der Waals surface area contributed by atoms with Crippen LogP contribution in [0.15, 0.2) is 0 Å². The maximum Gasteiger partial charge on any atom is 0.475 e. The number of amides is 1. The fourth-order valence-electron chi connectivity index (χ4n) is 1.95. The first kappa shape index (κ1) is 13.5. The molecule has 0 aromatic carbocycles. The van der Waals surface area contributed by atoms with Crippen LogP contribution in [0.2, 0.25) is 0 Å². The average Bonchev–Trinajstić information content (AvgIpc) is 2.68. The van der Waals surface area contributed by atoms with Crippen molar-refractivity contribution < 1.29 is 14.8 Å². The Morgan fingerprint density at radius 1 is 1.56 bits per heavy atom. The predicted octanol–water partition coefficient (Wildman–Crippen LogP) is -0.719. The van der Waals surface area contributed by atoms with Crippen LogP contribution < -0.4 is 10.6 Å². The Hall–Kier alpha value is -0.585. The molecule has 0 aliphatic carbocycles. The molecule has 0 saturated carbocycles. The van der Waals surface area contributed by atoms with E-state index in [1.54, 1.807) is 0 Å². The molecule has 1 rings (SSSR count). The molecule has 5 nitrogen and oxygen atoms in total. The van der Waals surface area contributed by atoms with Crippen LogP contribution in [-0.4, -0.2) is 41.6 Å². The van der Waals surface area contributed by atoms with E-state index in [0.29, 0.717) is 12.3 Å². The Labute approximate surface area is 96.8 Å². The summed E-state index contributed by atoms with van der Waals surface area (Å²) in [6.45, 7) is 4.82. The van der Waals surface area contributed by atoms with Crippen LogP contribution in [0.1, 0.15) is 33.1 Å². The van der Waals surface area contributed by atoms with E-state index >= 15 is 0 Å². The van der Waals surface area contributed by atoms with Crippen molar-refractivity contribution in [3.05, 3.63) is 0 Å². The lowest BCUT2D eigenvalue weighted by atomic mass is 9.75. The first-order chi connectivity index (χ1) is 7.50. The van der Waals surface area contributed by atoms with Crippen LogP contribution in [-0.2, 0) is 4.79 Å². The third-order valence-electron chi connectivity index (χ3n) is 2.79. The largest absolute Gasteiger partial charge is 0.475 e. The van der Waals surface area contributed by atoms with Crippen LogP contribution in [0.3, 0.4) is 0 Å². The SMILES string of the molecule is CC(C)CC(NC(=O)C1CCCN1)B(O)O. The van der Waals surface area contributed by atoms with Gasteiger partial charge < -0.3 is 20.7 Å². The van der Waals surface area contributed by atoms with Crippen LogP contribution in [0, 0.1) is 5.92 Å². The van der Waals surface area contributed by atoms with E-state index in [2.05, 4.69) is 10.6 Å². The number of hydrogen-bond acceptors (Lipinski definition) is 4. The fourth-order valence-corrected chi connectivity index (χ4v) is 1.95. The normalized spacial score (nSPS) is 22.2. The zero-order valence-electron chi connectivity index (χ0n) is 9.94. The van der Waals surface area contributed by atoms with Gasteiger partial charge in [-0.15, -0.1) is 0 Å². The number of rotatable bonds is 5. The molecule has 0 aromatic rings. The molecule has 1 aliphatic rings. The highest BCUT2D eigenvalue weighted by Gasteiger charge is 2.29. The zero-order valence-corrected chi connectivity index (χ0v) is 9.94. The summed E-state index contributed by atoms with van der Waals surface area (Å²) in [5.41, 5.74) is 0. The van der Waals surface area contributed by atoms with Crippen LogP contribution in [0.25, 0.3) is 0 Å². The Morgan fingerprint density at radius 2 is 2.25 bits per heavy atom. The van der Waals surface area contributed by atoms with Gasteiger partial charge in [-0.1, -0.05) is 13.8 Å². The Morgan fingerprint density at radius 3 is 2.69 bits per heavy atom. The van der Waals surface area contributed by atoms with Crippen LogP contribution in [0.4, 0.5) is 0 Å². The molecule has 16 heavy (non-hydrogen) atoms. The zero-order chi connectivity index (χ0) is 12.1. The van der Waals surface area contributed by atoms with Gasteiger partial charge in [0, 0.05) is 0 Å². The van der Waals surface area contributed by atoms with E-state index in [1.807, 2.05) is 13.8 Å². The van der Waals surface area contributed by atoms with Gasteiger partial charge in [-0.25, -0.2) is 0 Å². The van der Waals surface area contributed by atoms with E-state index < -0.39 is 13.1 Å². The number of carbonyl (C=O) groups excluding carboxylic acids is 1. The lowest BCUT2D eigenvalue weighted by molar-refractivity contribution is -0.123. The Kier molecular flexibility index (Phi) is 5.24. The first-order valence-corrected chi connectivity index (χ1v) is 5.90. The van der Waals surface area contributed by atoms with E-state index in [9.17, 15) is 14.8 Å². The molecule has 6 heteroatoms. The van der Waals surface area contributed by atoms with E-state index in [0.717, 1.165) is 19.4 Å². The third-order valence-corrected chi connectivity index (χ3v) is 2.79. The molecule has 0 radical (unpaired) electrons. The second-order valence-electron chi connectivity index (χ2n) is 4.81. The molecule has 0 spiro atoms. The minimum Gasteiger partial charge on any atom is -0.426 e. The standard InChI is InChI=1S/C10H21BN2O3/c1-7(2)6-9(11(15)16)13-10(14)8-4-3-5-12-8/h7-9,12,15-16H,3-6H2,1-2H3,(H,13,14). The highest BCUT2D eigenvalue weighted by molar-refractivity contribution is 6.43. The summed E-state index contributed by atoms with van der Waals surface area (Å²) in [5, 5.41) is 24.1. The van der Waals surface area contributed by atoms with E-state index in [1.165, 1.54) is 0 Å². The summed E-state index contributed by atoms with van der Waals surface area (Å²) < 4.78 is 0. The molecule has 0 aromatic heterocycles. The molecule has 2 unspecified atom stereocenters.